The summed E-state index contributed by atoms with van der Waals surface area (Å²) in [4.78, 5) is 13.1. The average molecular weight is 382 g/mol. The molecule has 0 unspecified atom stereocenters. The third kappa shape index (κ3) is 3.77. The number of rotatable bonds is 7. The molecule has 0 saturated carbocycles. The van der Waals surface area contributed by atoms with Crippen molar-refractivity contribution in [2.24, 2.45) is 0 Å². The Hall–Kier alpha value is -3.83. The zero-order valence-corrected chi connectivity index (χ0v) is 16.6. The normalized spacial score (nSPS) is 11.2. The van der Waals surface area contributed by atoms with Crippen molar-refractivity contribution >= 4 is 22.8 Å². The molecule has 5 heteroatoms. The number of para-hydroxylation sites is 1. The van der Waals surface area contributed by atoms with Gasteiger partial charge in [0.15, 0.2) is 0 Å². The Morgan fingerprint density at radius 2 is 2.00 bits per heavy atom. The molecule has 0 bridgehead atoms. The summed E-state index contributed by atoms with van der Waals surface area (Å²) in [7, 11) is 0. The Labute approximate surface area is 170 Å². The number of aryl methyl sites for hydroxylation is 2. The highest BCUT2D eigenvalue weighted by Gasteiger charge is 2.19. The van der Waals surface area contributed by atoms with E-state index in [1.165, 1.54) is 0 Å². The van der Waals surface area contributed by atoms with Gasteiger partial charge >= 0.3 is 0 Å². The molecule has 29 heavy (non-hydrogen) atoms. The molecule has 5 nitrogen and oxygen atoms in total. The van der Waals surface area contributed by atoms with Gasteiger partial charge in [0, 0.05) is 52.7 Å². The number of hydrogen-bond acceptors (Lipinski definition) is 3. The van der Waals surface area contributed by atoms with Crippen LogP contribution in [-0.4, -0.2) is 14.9 Å². The predicted molar refractivity (Wildman–Crippen MR) is 114 cm³/mol. The molecule has 0 N–H and O–H groups in total. The van der Waals surface area contributed by atoms with E-state index in [0.717, 1.165) is 27.9 Å². The number of carbonyl (C=O) groups excluding carboxylic acids is 1. The Morgan fingerprint density at radius 1 is 1.24 bits per heavy atom. The molecular weight excluding hydrogens is 360 g/mol. The molecule has 0 radical (unpaired) electrons. The highest BCUT2D eigenvalue weighted by atomic mass is 16.1. The monoisotopic (exact) mass is 382 g/mol. The smallest absolute Gasteiger partial charge is 0.205 e. The number of nitriles is 2. The fraction of sp³-hybridized carbons (Fsp3) is 0.208. The molecule has 3 aromatic rings. The lowest BCUT2D eigenvalue weighted by Gasteiger charge is -2.06. The van der Waals surface area contributed by atoms with Gasteiger partial charge in [0.25, 0.3) is 0 Å². The maximum atomic E-state index is 13.1. The van der Waals surface area contributed by atoms with Crippen molar-refractivity contribution < 1.29 is 4.79 Å². The first-order valence-corrected chi connectivity index (χ1v) is 9.40. The van der Waals surface area contributed by atoms with Crippen molar-refractivity contribution in [2.45, 2.75) is 33.4 Å². The molecule has 2 heterocycles. The maximum Gasteiger partial charge on any atom is 0.205 e. The minimum Gasteiger partial charge on any atom is -0.346 e. The molecule has 144 valence electrons. The van der Waals surface area contributed by atoms with Crippen LogP contribution in [0.1, 0.15) is 33.7 Å². The topological polar surface area (TPSA) is 74.5 Å². The van der Waals surface area contributed by atoms with Gasteiger partial charge in [0.05, 0.1) is 12.5 Å². The fourth-order valence-corrected chi connectivity index (χ4v) is 3.64. The van der Waals surface area contributed by atoms with Crippen LogP contribution in [-0.2, 0) is 13.1 Å². The van der Waals surface area contributed by atoms with E-state index in [0.29, 0.717) is 25.1 Å². The van der Waals surface area contributed by atoms with Gasteiger partial charge in [-0.2, -0.15) is 10.5 Å². The number of hydrogen-bond donors (Lipinski definition) is 0. The van der Waals surface area contributed by atoms with Gasteiger partial charge in [0.2, 0.25) is 5.78 Å². The molecular formula is C24H22N4O. The van der Waals surface area contributed by atoms with Gasteiger partial charge in [-0.3, -0.25) is 4.79 Å². The summed E-state index contributed by atoms with van der Waals surface area (Å²) in [6, 6.07) is 13.8. The highest BCUT2D eigenvalue weighted by molar-refractivity contribution is 6.15. The number of benzene rings is 1. The van der Waals surface area contributed by atoms with Crippen LogP contribution >= 0.6 is 0 Å². The first-order valence-electron chi connectivity index (χ1n) is 9.40. The molecule has 0 saturated heterocycles. The number of nitrogens with zero attached hydrogens (tertiary/aromatic N) is 4. The van der Waals surface area contributed by atoms with Crippen molar-refractivity contribution in [3.05, 3.63) is 77.3 Å². The second-order valence-electron chi connectivity index (χ2n) is 6.89. The highest BCUT2D eigenvalue weighted by Crippen LogP contribution is 2.26. The van der Waals surface area contributed by atoms with Gasteiger partial charge in [-0.15, -0.1) is 6.58 Å². The lowest BCUT2D eigenvalue weighted by molar-refractivity contribution is 0.103. The quantitative estimate of drug-likeness (QED) is 0.251. The zero-order chi connectivity index (χ0) is 21.0. The fourth-order valence-electron chi connectivity index (χ4n) is 3.64. The summed E-state index contributed by atoms with van der Waals surface area (Å²) in [5.41, 5.74) is 4.17. The van der Waals surface area contributed by atoms with Crippen LogP contribution < -0.4 is 0 Å². The van der Waals surface area contributed by atoms with Crippen LogP contribution in [0.4, 0.5) is 0 Å². The Kier molecular flexibility index (Phi) is 5.81. The van der Waals surface area contributed by atoms with E-state index in [9.17, 15) is 10.1 Å². The van der Waals surface area contributed by atoms with E-state index in [2.05, 4.69) is 18.7 Å². The number of ketones is 1. The van der Waals surface area contributed by atoms with Crippen LogP contribution in [0.25, 0.3) is 17.0 Å². The Bertz CT molecular complexity index is 1210. The second kappa shape index (κ2) is 8.46. The van der Waals surface area contributed by atoms with Gasteiger partial charge in [0.1, 0.15) is 11.6 Å². The maximum absolute atomic E-state index is 13.1. The number of fused-ring (bicyclic) bond motifs is 1. The van der Waals surface area contributed by atoms with E-state index in [1.54, 1.807) is 12.2 Å². The molecule has 0 spiro atoms. The summed E-state index contributed by atoms with van der Waals surface area (Å²) < 4.78 is 3.99. The molecule has 3 rings (SSSR count). The van der Waals surface area contributed by atoms with E-state index in [1.807, 2.05) is 59.5 Å². The van der Waals surface area contributed by atoms with Crippen LogP contribution in [0.5, 0.6) is 0 Å². The minimum absolute atomic E-state index is 0.0899. The average Bonchev–Trinajstić information content (AvgIpc) is 3.22. The summed E-state index contributed by atoms with van der Waals surface area (Å²) >= 11 is 0. The third-order valence-corrected chi connectivity index (χ3v) is 5.08. The van der Waals surface area contributed by atoms with Crippen LogP contribution in [0, 0.1) is 36.5 Å². The van der Waals surface area contributed by atoms with Gasteiger partial charge in [-0.05, 0) is 32.1 Å². The van der Waals surface area contributed by atoms with Crippen molar-refractivity contribution in [3.8, 4) is 12.1 Å². The predicted octanol–water partition coefficient (Wildman–Crippen LogP) is 4.95. The lowest BCUT2D eigenvalue weighted by Crippen LogP contribution is -2.05. The molecule has 0 fully saturated rings. The van der Waals surface area contributed by atoms with E-state index < -0.39 is 0 Å². The lowest BCUT2D eigenvalue weighted by atomic mass is 10.0. The number of Topliss-reactive ketones (excluding diaryl/α,β-unsaturated/α-hetero) is 1. The van der Waals surface area contributed by atoms with Crippen molar-refractivity contribution in [1.82, 2.24) is 9.13 Å². The van der Waals surface area contributed by atoms with Crippen LogP contribution in [0.2, 0.25) is 0 Å². The van der Waals surface area contributed by atoms with Crippen LogP contribution in [0.15, 0.2) is 54.8 Å². The molecule has 0 amide bonds. The van der Waals surface area contributed by atoms with Gasteiger partial charge in [-0.25, -0.2) is 0 Å². The van der Waals surface area contributed by atoms with Crippen molar-refractivity contribution in [1.29, 1.82) is 10.5 Å². The van der Waals surface area contributed by atoms with Gasteiger partial charge in [-0.1, -0.05) is 24.3 Å². The largest absolute Gasteiger partial charge is 0.346 e. The molecule has 0 atom stereocenters. The molecule has 0 aliphatic carbocycles. The summed E-state index contributed by atoms with van der Waals surface area (Å²) in [6.45, 7) is 8.75. The van der Waals surface area contributed by atoms with E-state index in [-0.39, 0.29) is 11.4 Å². The molecule has 0 aliphatic rings. The second-order valence-corrected chi connectivity index (χ2v) is 6.89. The SMILES string of the molecule is C=CCn1c(C)cc(C(=O)/C(C#N)=C/c2cn(CCC#N)c3ccccc23)c1C. The molecule has 1 aromatic carbocycles. The first-order chi connectivity index (χ1) is 14.0. The van der Waals surface area contributed by atoms with Gasteiger partial charge < -0.3 is 9.13 Å². The first kappa shape index (κ1) is 19.9. The molecule has 0 aliphatic heterocycles. The number of allylic oxidation sites excluding steroid dienone is 2. The summed E-state index contributed by atoms with van der Waals surface area (Å²) in [5, 5.41) is 19.6. The summed E-state index contributed by atoms with van der Waals surface area (Å²) in [6.07, 6.45) is 5.72. The van der Waals surface area contributed by atoms with Crippen molar-refractivity contribution in [3.63, 3.8) is 0 Å². The zero-order valence-electron chi connectivity index (χ0n) is 16.6. The summed E-state index contributed by atoms with van der Waals surface area (Å²) in [5.74, 6) is -0.287. The molecule has 2 aromatic heterocycles. The van der Waals surface area contributed by atoms with Crippen LogP contribution in [0.3, 0.4) is 0 Å². The Balaban J connectivity index is 2.07. The number of carbonyl (C=O) groups is 1. The standard InChI is InChI=1S/C24H22N4O/c1-4-11-28-17(2)13-22(18(28)3)24(29)19(15-26)14-20-16-27(12-7-10-25)23-9-6-5-8-21(20)23/h4-6,8-9,13-14,16H,1,7,11-12H2,2-3H3/b19-14+. The van der Waals surface area contributed by atoms with E-state index >= 15 is 0 Å². The minimum atomic E-state index is -0.287. The van der Waals surface area contributed by atoms with Crippen molar-refractivity contribution in [2.75, 3.05) is 0 Å². The third-order valence-electron chi connectivity index (χ3n) is 5.08. The Morgan fingerprint density at radius 3 is 2.69 bits per heavy atom. The number of aromatic nitrogens is 2. The van der Waals surface area contributed by atoms with E-state index in [4.69, 9.17) is 5.26 Å².